The predicted octanol–water partition coefficient (Wildman–Crippen LogP) is 4.01. The molecule has 130 valence electrons. The first kappa shape index (κ1) is 19.2. The molecule has 5 atom stereocenters. The van der Waals surface area contributed by atoms with Gasteiger partial charge in [-0.15, -0.1) is 31.4 Å². The van der Waals surface area contributed by atoms with E-state index in [9.17, 15) is 5.11 Å². The summed E-state index contributed by atoms with van der Waals surface area (Å²) >= 11 is 0. The average Bonchev–Trinajstić information content (AvgIpc) is 2.60. The number of piperidine rings is 3. The maximum absolute atomic E-state index is 11.0. The summed E-state index contributed by atoms with van der Waals surface area (Å²) in [6, 6.07) is 10.3. The SMILES string of the molecule is C=C[C@H]1CN2CC[C@H]1C[C@H]2[C@@H](O)c1ccnc2ccccc12.Cl.Cl. The first-order chi connectivity index (χ1) is 10.8. The molecule has 0 amide bonds. The van der Waals surface area contributed by atoms with E-state index in [-0.39, 0.29) is 30.9 Å². The van der Waals surface area contributed by atoms with Gasteiger partial charge in [0, 0.05) is 24.2 Å². The number of halogens is 2. The van der Waals surface area contributed by atoms with Gasteiger partial charge in [0.05, 0.1) is 11.6 Å². The van der Waals surface area contributed by atoms with Gasteiger partial charge >= 0.3 is 0 Å². The fourth-order valence-corrected chi connectivity index (χ4v) is 4.29. The van der Waals surface area contributed by atoms with E-state index in [0.29, 0.717) is 11.8 Å². The van der Waals surface area contributed by atoms with Crippen LogP contribution in [-0.2, 0) is 0 Å². The van der Waals surface area contributed by atoms with Crippen LogP contribution in [0.4, 0.5) is 0 Å². The Morgan fingerprint density at radius 2 is 2.04 bits per heavy atom. The van der Waals surface area contributed by atoms with Crippen LogP contribution in [0.15, 0.2) is 49.2 Å². The lowest BCUT2D eigenvalue weighted by Gasteiger charge is -2.50. The highest BCUT2D eigenvalue weighted by Gasteiger charge is 2.42. The third kappa shape index (κ3) is 3.18. The zero-order valence-electron chi connectivity index (χ0n) is 13.5. The number of fused-ring (bicyclic) bond motifs is 4. The van der Waals surface area contributed by atoms with E-state index < -0.39 is 6.10 Å². The van der Waals surface area contributed by atoms with E-state index in [1.54, 1.807) is 0 Å². The highest BCUT2D eigenvalue weighted by atomic mass is 35.5. The molecule has 0 saturated carbocycles. The van der Waals surface area contributed by atoms with Crippen LogP contribution in [0.3, 0.4) is 0 Å². The highest BCUT2D eigenvalue weighted by Crippen LogP contribution is 2.41. The summed E-state index contributed by atoms with van der Waals surface area (Å²) < 4.78 is 0. The van der Waals surface area contributed by atoms with Crippen molar-refractivity contribution in [3.8, 4) is 0 Å². The van der Waals surface area contributed by atoms with Crippen LogP contribution in [-0.4, -0.2) is 34.1 Å². The van der Waals surface area contributed by atoms with Crippen molar-refractivity contribution in [3.63, 3.8) is 0 Å². The number of nitrogens with zero attached hydrogens (tertiary/aromatic N) is 2. The molecule has 1 aromatic carbocycles. The molecule has 3 nitrogen and oxygen atoms in total. The van der Waals surface area contributed by atoms with Gasteiger partial charge in [0.2, 0.25) is 0 Å². The Balaban J connectivity index is 0.00000104. The first-order valence-electron chi connectivity index (χ1n) is 8.16. The summed E-state index contributed by atoms with van der Waals surface area (Å²) in [5.41, 5.74) is 1.97. The van der Waals surface area contributed by atoms with E-state index in [1.165, 1.54) is 6.42 Å². The topological polar surface area (TPSA) is 36.4 Å². The van der Waals surface area contributed by atoms with Crippen LogP contribution in [0.25, 0.3) is 10.9 Å². The maximum Gasteiger partial charge on any atom is 0.0952 e. The quantitative estimate of drug-likeness (QED) is 0.833. The van der Waals surface area contributed by atoms with Crippen LogP contribution in [0.5, 0.6) is 0 Å². The number of rotatable bonds is 3. The Labute approximate surface area is 155 Å². The molecule has 2 bridgehead atoms. The van der Waals surface area contributed by atoms with Crippen molar-refractivity contribution in [2.24, 2.45) is 11.8 Å². The van der Waals surface area contributed by atoms with Crippen molar-refractivity contribution in [2.75, 3.05) is 13.1 Å². The van der Waals surface area contributed by atoms with Crippen LogP contribution >= 0.6 is 24.8 Å². The van der Waals surface area contributed by atoms with Gasteiger partial charge in [-0.3, -0.25) is 9.88 Å². The molecular weight excluding hydrogens is 343 g/mol. The predicted molar refractivity (Wildman–Crippen MR) is 103 cm³/mol. The maximum atomic E-state index is 11.0. The monoisotopic (exact) mass is 366 g/mol. The molecule has 24 heavy (non-hydrogen) atoms. The molecule has 0 aliphatic carbocycles. The fourth-order valence-electron chi connectivity index (χ4n) is 4.29. The van der Waals surface area contributed by atoms with Crippen LogP contribution < -0.4 is 0 Å². The molecule has 3 fully saturated rings. The summed E-state index contributed by atoms with van der Waals surface area (Å²) in [5.74, 6) is 1.27. The molecule has 1 unspecified atom stereocenters. The Hall–Kier alpha value is -1.13. The second-order valence-corrected chi connectivity index (χ2v) is 6.61. The van der Waals surface area contributed by atoms with Gasteiger partial charge in [-0.05, 0) is 48.9 Å². The third-order valence-corrected chi connectivity index (χ3v) is 5.52. The normalized spacial score (nSPS) is 29.4. The summed E-state index contributed by atoms with van der Waals surface area (Å²) in [4.78, 5) is 6.86. The van der Waals surface area contributed by atoms with Crippen molar-refractivity contribution in [1.29, 1.82) is 0 Å². The minimum atomic E-state index is -0.443. The van der Waals surface area contributed by atoms with Crippen LogP contribution in [0.2, 0.25) is 0 Å². The van der Waals surface area contributed by atoms with E-state index in [1.807, 2.05) is 30.5 Å². The van der Waals surface area contributed by atoms with Gasteiger partial charge in [-0.25, -0.2) is 0 Å². The molecule has 5 rings (SSSR count). The van der Waals surface area contributed by atoms with Gasteiger partial charge in [0.1, 0.15) is 0 Å². The lowest BCUT2D eigenvalue weighted by atomic mass is 9.73. The van der Waals surface area contributed by atoms with Gasteiger partial charge in [0.15, 0.2) is 0 Å². The van der Waals surface area contributed by atoms with Crippen LogP contribution in [0.1, 0.15) is 24.5 Å². The molecule has 2 aromatic rings. The molecule has 0 radical (unpaired) electrons. The van der Waals surface area contributed by atoms with E-state index in [4.69, 9.17) is 0 Å². The smallest absolute Gasteiger partial charge is 0.0952 e. The van der Waals surface area contributed by atoms with Gasteiger partial charge < -0.3 is 5.11 Å². The second kappa shape index (κ2) is 7.83. The Morgan fingerprint density at radius 1 is 1.25 bits per heavy atom. The zero-order valence-corrected chi connectivity index (χ0v) is 15.2. The Kier molecular flexibility index (Phi) is 6.27. The number of aliphatic hydroxyl groups excluding tert-OH is 1. The number of aromatic nitrogens is 1. The van der Waals surface area contributed by atoms with Crippen LogP contribution in [0, 0.1) is 11.8 Å². The van der Waals surface area contributed by atoms with E-state index in [0.717, 1.165) is 36.0 Å². The number of aliphatic hydroxyl groups is 1. The standard InChI is InChI=1S/C19H22N2O.2ClH/c1-2-13-12-21-10-8-14(13)11-18(21)19(22)16-7-9-20-17-6-4-3-5-15(16)17;;/h2-7,9,13-14,18-19,22H,1,8,10-12H2;2*1H/t13-,14-,18-,19-;;/m0../s1. The molecule has 0 spiro atoms. The molecule has 1 N–H and O–H groups in total. The highest BCUT2D eigenvalue weighted by molar-refractivity contribution is 5.85. The number of pyridine rings is 1. The fraction of sp³-hybridized carbons (Fsp3) is 0.421. The minimum absolute atomic E-state index is 0. The molecule has 3 saturated heterocycles. The molecule has 3 aliphatic rings. The van der Waals surface area contributed by atoms with Crippen molar-refractivity contribution >= 4 is 35.7 Å². The Bertz CT molecular complexity index is 703. The lowest BCUT2D eigenvalue weighted by molar-refractivity contribution is -0.0444. The van der Waals surface area contributed by atoms with Crippen molar-refractivity contribution in [1.82, 2.24) is 9.88 Å². The van der Waals surface area contributed by atoms with Gasteiger partial charge in [-0.2, -0.15) is 0 Å². The average molecular weight is 367 g/mol. The number of benzene rings is 1. The number of hydrogen-bond donors (Lipinski definition) is 1. The largest absolute Gasteiger partial charge is 0.387 e. The van der Waals surface area contributed by atoms with Crippen molar-refractivity contribution < 1.29 is 5.11 Å². The van der Waals surface area contributed by atoms with E-state index >= 15 is 0 Å². The summed E-state index contributed by atoms with van der Waals surface area (Å²) in [6.45, 7) is 6.11. The molecule has 3 aliphatic heterocycles. The second-order valence-electron chi connectivity index (χ2n) is 6.61. The Morgan fingerprint density at radius 3 is 2.75 bits per heavy atom. The third-order valence-electron chi connectivity index (χ3n) is 5.52. The summed E-state index contributed by atoms with van der Waals surface area (Å²) in [7, 11) is 0. The van der Waals surface area contributed by atoms with E-state index in [2.05, 4.69) is 28.6 Å². The van der Waals surface area contributed by atoms with Gasteiger partial charge in [0.25, 0.3) is 0 Å². The molecule has 1 aromatic heterocycles. The molecular formula is C19H24Cl2N2O. The first-order valence-corrected chi connectivity index (χ1v) is 8.16. The number of para-hydroxylation sites is 1. The number of hydrogen-bond acceptors (Lipinski definition) is 3. The van der Waals surface area contributed by atoms with Gasteiger partial charge in [-0.1, -0.05) is 24.3 Å². The molecule has 4 heterocycles. The van der Waals surface area contributed by atoms with Crippen molar-refractivity contribution in [2.45, 2.75) is 25.0 Å². The minimum Gasteiger partial charge on any atom is -0.387 e. The zero-order chi connectivity index (χ0) is 15.1. The summed E-state index contributed by atoms with van der Waals surface area (Å²) in [6.07, 6.45) is 5.76. The summed E-state index contributed by atoms with van der Waals surface area (Å²) in [5, 5.41) is 12.1. The molecule has 5 heteroatoms. The lowest BCUT2D eigenvalue weighted by Crippen LogP contribution is -2.54. The van der Waals surface area contributed by atoms with Crippen molar-refractivity contribution in [3.05, 3.63) is 54.7 Å².